The molecule has 0 fully saturated rings. The zero-order chi connectivity index (χ0) is 20.9. The summed E-state index contributed by atoms with van der Waals surface area (Å²) < 4.78 is 58.8. The summed E-state index contributed by atoms with van der Waals surface area (Å²) in [6, 6.07) is 10.8. The van der Waals surface area contributed by atoms with Crippen LogP contribution in [0.1, 0.15) is 27.6 Å². The maximum absolute atomic E-state index is 12.4. The molecular weight excluding hydrogens is 396 g/mol. The number of nitrogens with one attached hydrogen (secondary N) is 1. The van der Waals surface area contributed by atoms with Gasteiger partial charge in [0, 0.05) is 11.3 Å². The number of rotatable bonds is 8. The normalized spacial score (nSPS) is 12.3. The number of carbonyl (C=O) groups excluding carboxylic acids is 2. The predicted molar refractivity (Wildman–Crippen MR) is 97.2 cm³/mol. The highest BCUT2D eigenvalue weighted by atomic mass is 32.2. The van der Waals surface area contributed by atoms with Crippen molar-refractivity contribution in [1.82, 2.24) is 0 Å². The second kappa shape index (κ2) is 8.79. The predicted octanol–water partition coefficient (Wildman–Crippen LogP) is 3.09. The first-order valence-corrected chi connectivity index (χ1v) is 9.83. The summed E-state index contributed by atoms with van der Waals surface area (Å²) in [6.07, 6.45) is -0.218. The van der Waals surface area contributed by atoms with Gasteiger partial charge in [0.1, 0.15) is 11.3 Å². The Morgan fingerprint density at radius 3 is 2.21 bits per heavy atom. The van der Waals surface area contributed by atoms with Crippen LogP contribution >= 0.6 is 0 Å². The third-order valence-electron chi connectivity index (χ3n) is 3.45. The van der Waals surface area contributed by atoms with Gasteiger partial charge in [0.2, 0.25) is 15.8 Å². The topological polar surface area (TPSA) is 98.8 Å². The van der Waals surface area contributed by atoms with Crippen molar-refractivity contribution in [3.63, 3.8) is 0 Å². The molecule has 0 unspecified atom stereocenters. The van der Waals surface area contributed by atoms with Crippen LogP contribution in [0.4, 0.5) is 14.5 Å². The fraction of sp³-hybridized carbons (Fsp3) is 0.222. The molecule has 0 radical (unpaired) electrons. The molecule has 2 aromatic carbocycles. The van der Waals surface area contributed by atoms with Crippen molar-refractivity contribution >= 4 is 27.5 Å². The molecule has 28 heavy (non-hydrogen) atoms. The van der Waals surface area contributed by atoms with Gasteiger partial charge >= 0.3 is 12.6 Å². The number of sulfonamides is 1. The van der Waals surface area contributed by atoms with Crippen molar-refractivity contribution < 1.29 is 36.3 Å². The molecule has 0 saturated carbocycles. The number of hydrogen-bond acceptors (Lipinski definition) is 6. The maximum Gasteiger partial charge on any atom is 0.387 e. The van der Waals surface area contributed by atoms with Gasteiger partial charge in [-0.15, -0.1) is 0 Å². The molecule has 0 saturated heterocycles. The van der Waals surface area contributed by atoms with E-state index in [2.05, 4.69) is 9.46 Å². The van der Waals surface area contributed by atoms with Crippen LogP contribution in [-0.4, -0.2) is 39.1 Å². The largest absolute Gasteiger partial charge is 0.451 e. The number of Topliss-reactive ketones (excluding diaryl/α,β-unsaturated/α-hetero) is 1. The van der Waals surface area contributed by atoms with Crippen molar-refractivity contribution in [2.24, 2.45) is 0 Å². The zero-order valence-electron chi connectivity index (χ0n) is 14.9. The van der Waals surface area contributed by atoms with Crippen LogP contribution < -0.4 is 9.46 Å². The van der Waals surface area contributed by atoms with Gasteiger partial charge in [0.25, 0.3) is 0 Å². The molecule has 0 aromatic heterocycles. The summed E-state index contributed by atoms with van der Waals surface area (Å²) in [4.78, 5) is 24.6. The van der Waals surface area contributed by atoms with Crippen molar-refractivity contribution in [2.45, 2.75) is 19.6 Å². The third-order valence-corrected chi connectivity index (χ3v) is 4.06. The van der Waals surface area contributed by atoms with Crippen LogP contribution in [-0.2, 0) is 14.8 Å². The molecule has 10 heteroatoms. The van der Waals surface area contributed by atoms with E-state index >= 15 is 0 Å². The van der Waals surface area contributed by atoms with Gasteiger partial charge in [0.05, 0.1) is 6.26 Å². The number of hydrogen-bond donors (Lipinski definition) is 1. The van der Waals surface area contributed by atoms with Crippen LogP contribution in [0.3, 0.4) is 0 Å². The highest BCUT2D eigenvalue weighted by molar-refractivity contribution is 7.92. The number of alkyl halides is 2. The molecule has 0 aliphatic heterocycles. The smallest absolute Gasteiger partial charge is 0.387 e. The van der Waals surface area contributed by atoms with Crippen molar-refractivity contribution in [2.75, 3.05) is 11.0 Å². The number of ether oxygens (including phenoxy) is 2. The molecule has 7 nitrogen and oxygen atoms in total. The lowest BCUT2D eigenvalue weighted by atomic mass is 10.1. The Bertz CT molecular complexity index is 960. The first-order valence-electron chi connectivity index (χ1n) is 7.93. The van der Waals surface area contributed by atoms with E-state index in [4.69, 9.17) is 4.74 Å². The minimum Gasteiger partial charge on any atom is -0.451 e. The molecule has 0 bridgehead atoms. The van der Waals surface area contributed by atoms with Crippen molar-refractivity contribution in [3.8, 4) is 5.75 Å². The number of carbonyl (C=O) groups is 2. The monoisotopic (exact) mass is 413 g/mol. The van der Waals surface area contributed by atoms with E-state index in [1.54, 1.807) is 0 Å². The second-order valence-electron chi connectivity index (χ2n) is 5.74. The minimum absolute atomic E-state index is 0.177. The summed E-state index contributed by atoms with van der Waals surface area (Å²) in [7, 11) is -3.46. The quantitative estimate of drug-likeness (QED) is 0.528. The average molecular weight is 413 g/mol. The third kappa shape index (κ3) is 6.02. The number of benzene rings is 2. The van der Waals surface area contributed by atoms with Crippen LogP contribution in [0.25, 0.3) is 0 Å². The Kier molecular flexibility index (Phi) is 6.68. The highest BCUT2D eigenvalue weighted by Gasteiger charge is 2.23. The van der Waals surface area contributed by atoms with E-state index in [-0.39, 0.29) is 22.6 Å². The van der Waals surface area contributed by atoms with Crippen molar-refractivity contribution in [3.05, 3.63) is 59.7 Å². The molecule has 0 spiro atoms. The summed E-state index contributed by atoms with van der Waals surface area (Å²) in [6.45, 7) is -1.79. The van der Waals surface area contributed by atoms with Crippen LogP contribution in [0.15, 0.2) is 48.5 Å². The summed E-state index contributed by atoms with van der Waals surface area (Å²) >= 11 is 0. The average Bonchev–Trinajstić information content (AvgIpc) is 2.60. The number of para-hydroxylation sites is 1. The molecule has 1 atom stereocenters. The lowest BCUT2D eigenvalue weighted by Gasteiger charge is -2.14. The summed E-state index contributed by atoms with van der Waals surface area (Å²) in [5.74, 6) is -1.91. The lowest BCUT2D eigenvalue weighted by Crippen LogP contribution is -2.25. The fourth-order valence-corrected chi connectivity index (χ4v) is 2.83. The van der Waals surface area contributed by atoms with E-state index in [9.17, 15) is 26.8 Å². The molecular formula is C18H17F2NO6S. The van der Waals surface area contributed by atoms with Crippen LogP contribution in [0.5, 0.6) is 5.75 Å². The van der Waals surface area contributed by atoms with Gasteiger partial charge in [-0.3, -0.25) is 9.52 Å². The number of ketones is 1. The van der Waals surface area contributed by atoms with Gasteiger partial charge in [-0.2, -0.15) is 8.78 Å². The van der Waals surface area contributed by atoms with Gasteiger partial charge in [0.15, 0.2) is 6.10 Å². The van der Waals surface area contributed by atoms with E-state index in [1.165, 1.54) is 55.5 Å². The standard InChI is InChI=1S/C18H17F2NO6S/c1-11(16(22)12-7-9-13(10-8-12)21-28(2,24)25)26-17(23)14-5-3-4-6-15(14)27-18(19)20/h3-11,18,21H,1-2H3/t11-/m0/s1. The number of halogens is 2. The maximum atomic E-state index is 12.4. The zero-order valence-corrected chi connectivity index (χ0v) is 15.7. The van der Waals surface area contributed by atoms with E-state index in [1.807, 2.05) is 0 Å². The first kappa shape index (κ1) is 21.3. The molecule has 2 aromatic rings. The van der Waals surface area contributed by atoms with E-state index < -0.39 is 34.5 Å². The SMILES string of the molecule is C[C@H](OC(=O)c1ccccc1OC(F)F)C(=O)c1ccc(NS(C)(=O)=O)cc1. The Labute approximate surface area is 160 Å². The van der Waals surface area contributed by atoms with Crippen LogP contribution in [0.2, 0.25) is 0 Å². The Balaban J connectivity index is 2.09. The van der Waals surface area contributed by atoms with Crippen LogP contribution in [0, 0.1) is 0 Å². The first-order chi connectivity index (χ1) is 13.1. The minimum atomic E-state index is -3.46. The Morgan fingerprint density at radius 2 is 1.64 bits per heavy atom. The molecule has 2 rings (SSSR count). The summed E-state index contributed by atoms with van der Waals surface area (Å²) in [5.41, 5.74) is 0.202. The lowest BCUT2D eigenvalue weighted by molar-refractivity contribution is -0.0505. The van der Waals surface area contributed by atoms with E-state index in [0.717, 1.165) is 6.26 Å². The second-order valence-corrected chi connectivity index (χ2v) is 7.49. The van der Waals surface area contributed by atoms with Gasteiger partial charge in [-0.1, -0.05) is 12.1 Å². The molecule has 0 amide bonds. The van der Waals surface area contributed by atoms with E-state index in [0.29, 0.717) is 0 Å². The summed E-state index contributed by atoms with van der Waals surface area (Å²) in [5, 5.41) is 0. The van der Waals surface area contributed by atoms with Gasteiger partial charge < -0.3 is 9.47 Å². The van der Waals surface area contributed by atoms with Gasteiger partial charge in [-0.05, 0) is 43.3 Å². The highest BCUT2D eigenvalue weighted by Crippen LogP contribution is 2.22. The molecule has 1 N–H and O–H groups in total. The molecule has 0 aliphatic carbocycles. The molecule has 150 valence electrons. The molecule has 0 aliphatic rings. The van der Waals surface area contributed by atoms with Crippen molar-refractivity contribution in [1.29, 1.82) is 0 Å². The van der Waals surface area contributed by atoms with Gasteiger partial charge in [-0.25, -0.2) is 13.2 Å². The Hall–Kier alpha value is -3.01. The fourth-order valence-electron chi connectivity index (χ4n) is 2.26. The molecule has 0 heterocycles. The number of anilines is 1. The Morgan fingerprint density at radius 1 is 1.04 bits per heavy atom. The number of esters is 1.